The maximum absolute atomic E-state index is 6.05. The Bertz CT molecular complexity index is 210. The van der Waals surface area contributed by atoms with E-state index < -0.39 is 0 Å². The number of likely N-dealkylation sites (N-methyl/N-ethyl adjacent to an activating group) is 1. The molecule has 94 valence electrons. The van der Waals surface area contributed by atoms with Gasteiger partial charge in [-0.1, -0.05) is 6.42 Å². The van der Waals surface area contributed by atoms with Gasteiger partial charge in [0.1, 0.15) is 0 Å². The summed E-state index contributed by atoms with van der Waals surface area (Å²) in [5.74, 6) is 0. The molecule has 0 radical (unpaired) electrons. The summed E-state index contributed by atoms with van der Waals surface area (Å²) >= 11 is 0. The van der Waals surface area contributed by atoms with E-state index in [4.69, 9.17) is 4.74 Å². The van der Waals surface area contributed by atoms with Crippen LogP contribution in [0.25, 0.3) is 0 Å². The van der Waals surface area contributed by atoms with E-state index in [2.05, 4.69) is 17.1 Å². The van der Waals surface area contributed by atoms with Gasteiger partial charge in [0.05, 0.1) is 12.2 Å². The number of nitrogens with zero attached hydrogens (tertiary/aromatic N) is 1. The molecule has 0 aromatic rings. The third-order valence-corrected chi connectivity index (χ3v) is 4.01. The quantitative estimate of drug-likeness (QED) is 0.788. The van der Waals surface area contributed by atoms with E-state index in [1.807, 2.05) is 7.05 Å². The minimum absolute atomic E-state index is 0.454. The van der Waals surface area contributed by atoms with Crippen molar-refractivity contribution in [3.8, 4) is 0 Å². The average Bonchev–Trinajstić information content (AvgIpc) is 2.70. The molecule has 3 unspecified atom stereocenters. The average molecular weight is 226 g/mol. The highest BCUT2D eigenvalue weighted by Gasteiger charge is 2.28. The van der Waals surface area contributed by atoms with Crippen molar-refractivity contribution < 1.29 is 4.74 Å². The smallest absolute Gasteiger partial charge is 0.0707 e. The van der Waals surface area contributed by atoms with Crippen molar-refractivity contribution in [2.75, 3.05) is 26.7 Å². The van der Waals surface area contributed by atoms with Gasteiger partial charge in [0.2, 0.25) is 0 Å². The van der Waals surface area contributed by atoms with E-state index in [0.717, 1.165) is 19.1 Å². The van der Waals surface area contributed by atoms with Crippen LogP contribution in [0, 0.1) is 0 Å². The maximum atomic E-state index is 6.05. The van der Waals surface area contributed by atoms with Crippen molar-refractivity contribution in [1.29, 1.82) is 0 Å². The molecule has 0 aromatic carbocycles. The van der Waals surface area contributed by atoms with Crippen LogP contribution in [0.5, 0.6) is 0 Å². The third-order valence-electron chi connectivity index (χ3n) is 4.01. The largest absolute Gasteiger partial charge is 0.372 e. The van der Waals surface area contributed by atoms with Crippen LogP contribution in [0.3, 0.4) is 0 Å². The van der Waals surface area contributed by atoms with E-state index in [1.54, 1.807) is 0 Å². The molecule has 2 aliphatic heterocycles. The number of likely N-dealkylation sites (tertiary alicyclic amines) is 1. The van der Waals surface area contributed by atoms with Crippen LogP contribution in [-0.4, -0.2) is 49.8 Å². The zero-order chi connectivity index (χ0) is 11.4. The van der Waals surface area contributed by atoms with Gasteiger partial charge in [0, 0.05) is 19.1 Å². The Morgan fingerprint density at radius 2 is 2.00 bits per heavy atom. The number of hydrogen-bond donors (Lipinski definition) is 1. The van der Waals surface area contributed by atoms with Gasteiger partial charge in [-0.2, -0.15) is 0 Å². The molecular weight excluding hydrogens is 200 g/mol. The Morgan fingerprint density at radius 3 is 2.75 bits per heavy atom. The highest BCUT2D eigenvalue weighted by Crippen LogP contribution is 2.23. The van der Waals surface area contributed by atoms with Crippen molar-refractivity contribution in [2.45, 2.75) is 57.3 Å². The summed E-state index contributed by atoms with van der Waals surface area (Å²) in [6.07, 6.45) is 7.56. The fourth-order valence-electron chi connectivity index (χ4n) is 2.98. The maximum Gasteiger partial charge on any atom is 0.0707 e. The summed E-state index contributed by atoms with van der Waals surface area (Å²) in [5, 5.41) is 3.20. The van der Waals surface area contributed by atoms with Crippen molar-refractivity contribution in [2.24, 2.45) is 0 Å². The van der Waals surface area contributed by atoms with E-state index in [0.29, 0.717) is 12.2 Å². The molecule has 16 heavy (non-hydrogen) atoms. The Hall–Kier alpha value is -0.120. The van der Waals surface area contributed by atoms with Crippen LogP contribution in [0.15, 0.2) is 0 Å². The molecule has 3 atom stereocenters. The topological polar surface area (TPSA) is 24.5 Å². The van der Waals surface area contributed by atoms with Gasteiger partial charge in [-0.25, -0.2) is 0 Å². The molecule has 3 nitrogen and oxygen atoms in total. The van der Waals surface area contributed by atoms with Gasteiger partial charge >= 0.3 is 0 Å². The molecule has 0 saturated carbocycles. The zero-order valence-electron chi connectivity index (χ0n) is 10.7. The van der Waals surface area contributed by atoms with Gasteiger partial charge in [0.15, 0.2) is 0 Å². The first-order valence-electron chi connectivity index (χ1n) is 6.83. The van der Waals surface area contributed by atoms with E-state index in [-0.39, 0.29) is 0 Å². The first-order valence-corrected chi connectivity index (χ1v) is 6.83. The van der Waals surface area contributed by atoms with E-state index >= 15 is 0 Å². The van der Waals surface area contributed by atoms with Gasteiger partial charge < -0.3 is 10.1 Å². The van der Waals surface area contributed by atoms with Crippen molar-refractivity contribution in [3.05, 3.63) is 0 Å². The Morgan fingerprint density at radius 1 is 1.19 bits per heavy atom. The van der Waals surface area contributed by atoms with Crippen molar-refractivity contribution in [3.63, 3.8) is 0 Å². The molecule has 0 spiro atoms. The monoisotopic (exact) mass is 226 g/mol. The van der Waals surface area contributed by atoms with Crippen LogP contribution in [0.4, 0.5) is 0 Å². The van der Waals surface area contributed by atoms with E-state index in [1.165, 1.54) is 38.6 Å². The highest BCUT2D eigenvalue weighted by molar-refractivity contribution is 4.81. The third kappa shape index (κ3) is 3.19. The molecule has 2 fully saturated rings. The van der Waals surface area contributed by atoms with Crippen molar-refractivity contribution in [1.82, 2.24) is 10.2 Å². The Labute approximate surface area is 99.5 Å². The minimum atomic E-state index is 0.454. The molecule has 2 heterocycles. The van der Waals surface area contributed by atoms with Gasteiger partial charge in [-0.15, -0.1) is 0 Å². The van der Waals surface area contributed by atoms with E-state index in [9.17, 15) is 0 Å². The number of hydrogen-bond acceptors (Lipinski definition) is 3. The Balaban J connectivity index is 1.73. The van der Waals surface area contributed by atoms with Gasteiger partial charge in [-0.05, 0) is 46.2 Å². The molecule has 0 amide bonds. The van der Waals surface area contributed by atoms with Crippen LogP contribution < -0.4 is 5.32 Å². The van der Waals surface area contributed by atoms with Crippen LogP contribution in [0.1, 0.15) is 39.0 Å². The summed E-state index contributed by atoms with van der Waals surface area (Å²) in [6, 6.07) is 0.765. The highest BCUT2D eigenvalue weighted by atomic mass is 16.5. The molecule has 2 saturated heterocycles. The van der Waals surface area contributed by atoms with Crippen LogP contribution in [-0.2, 0) is 4.74 Å². The standard InChI is InChI=1S/C13H26N2O/c1-11-5-3-4-8-15(11)10-13-7-6-12(16-13)9-14-2/h11-14H,3-10H2,1-2H3. The summed E-state index contributed by atoms with van der Waals surface area (Å²) in [4.78, 5) is 2.62. The van der Waals surface area contributed by atoms with Gasteiger partial charge in [-0.3, -0.25) is 4.90 Å². The molecule has 0 bridgehead atoms. The number of ether oxygens (including phenoxy) is 1. The van der Waals surface area contributed by atoms with Crippen LogP contribution >= 0.6 is 0 Å². The lowest BCUT2D eigenvalue weighted by atomic mass is 10.0. The molecule has 0 aromatic heterocycles. The first kappa shape index (κ1) is 12.3. The molecule has 1 N–H and O–H groups in total. The van der Waals surface area contributed by atoms with Crippen molar-refractivity contribution >= 4 is 0 Å². The normalized spacial score (nSPS) is 36.8. The predicted molar refractivity (Wildman–Crippen MR) is 66.7 cm³/mol. The number of rotatable bonds is 4. The lowest BCUT2D eigenvalue weighted by Gasteiger charge is -2.34. The molecular formula is C13H26N2O. The second kappa shape index (κ2) is 5.99. The first-order chi connectivity index (χ1) is 7.79. The number of piperidine rings is 1. The second-order valence-electron chi connectivity index (χ2n) is 5.35. The molecule has 2 rings (SSSR count). The fourth-order valence-corrected chi connectivity index (χ4v) is 2.98. The SMILES string of the molecule is CNCC1CCC(CN2CCCCC2C)O1. The van der Waals surface area contributed by atoms with Crippen LogP contribution in [0.2, 0.25) is 0 Å². The summed E-state index contributed by atoms with van der Waals surface area (Å²) in [7, 11) is 2.00. The lowest BCUT2D eigenvalue weighted by Crippen LogP contribution is -2.42. The molecule has 0 aliphatic carbocycles. The summed E-state index contributed by atoms with van der Waals surface area (Å²) in [6.45, 7) is 5.80. The predicted octanol–water partition coefficient (Wildman–Crippen LogP) is 1.63. The minimum Gasteiger partial charge on any atom is -0.372 e. The second-order valence-corrected chi connectivity index (χ2v) is 5.35. The number of nitrogens with one attached hydrogen (secondary N) is 1. The summed E-state index contributed by atoms with van der Waals surface area (Å²) < 4.78 is 6.05. The van der Waals surface area contributed by atoms with Gasteiger partial charge in [0.25, 0.3) is 0 Å². The zero-order valence-corrected chi connectivity index (χ0v) is 10.7. The molecule has 3 heteroatoms. The molecule has 2 aliphatic rings. The summed E-state index contributed by atoms with van der Waals surface area (Å²) in [5.41, 5.74) is 0. The fraction of sp³-hybridized carbons (Fsp3) is 1.00. The lowest BCUT2D eigenvalue weighted by molar-refractivity contribution is 0.0104. The Kier molecular flexibility index (Phi) is 4.62.